The molecule has 0 spiro atoms. The van der Waals surface area contributed by atoms with Crippen LogP contribution >= 0.6 is 16.1 Å². The van der Waals surface area contributed by atoms with Crippen molar-refractivity contribution in [3.63, 3.8) is 0 Å². The molecule has 0 heterocycles. The Morgan fingerprint density at radius 2 is 0.750 bits per heavy atom. The summed E-state index contributed by atoms with van der Waals surface area (Å²) < 4.78 is 2.76. The average Bonchev–Trinajstić information content (AvgIpc) is 1.99. The summed E-state index contributed by atoms with van der Waals surface area (Å²) in [5.41, 5.74) is 3.23. The first kappa shape index (κ1) is 16.8. The second kappa shape index (κ2) is 7.30. The molecular formula is C13H31NP2. The molecule has 0 amide bonds. The molecule has 3 heteroatoms. The van der Waals surface area contributed by atoms with Gasteiger partial charge in [-0.25, -0.2) is 0 Å². The van der Waals surface area contributed by atoms with Crippen LogP contribution in [0.1, 0.15) is 55.4 Å². The third-order valence-electron chi connectivity index (χ3n) is 2.78. The van der Waals surface area contributed by atoms with Crippen LogP contribution in [-0.2, 0) is 0 Å². The van der Waals surface area contributed by atoms with Gasteiger partial charge in [-0.2, -0.15) is 0 Å². The molecule has 0 radical (unpaired) electrons. The molecule has 0 saturated heterocycles. The second-order valence-corrected chi connectivity index (χ2v) is 12.8. The zero-order valence-corrected chi connectivity index (χ0v) is 14.4. The van der Waals surface area contributed by atoms with Crippen LogP contribution in [0.2, 0.25) is 0 Å². The van der Waals surface area contributed by atoms with Crippen LogP contribution in [0, 0.1) is 0 Å². The number of nitrogens with zero attached hydrogens (tertiary/aromatic N) is 1. The van der Waals surface area contributed by atoms with Crippen LogP contribution in [0.3, 0.4) is 0 Å². The van der Waals surface area contributed by atoms with Gasteiger partial charge in [0.15, 0.2) is 0 Å². The van der Waals surface area contributed by atoms with E-state index >= 15 is 0 Å². The molecule has 0 aromatic carbocycles. The van der Waals surface area contributed by atoms with Crippen molar-refractivity contribution >= 4 is 16.1 Å². The molecule has 0 atom stereocenters. The monoisotopic (exact) mass is 263 g/mol. The molecular weight excluding hydrogens is 232 g/mol. The summed E-state index contributed by atoms with van der Waals surface area (Å²) in [7, 11) is 2.41. The van der Waals surface area contributed by atoms with Crippen LogP contribution < -0.4 is 0 Å². The predicted octanol–water partition coefficient (Wildman–Crippen LogP) is 5.35. The van der Waals surface area contributed by atoms with Crippen molar-refractivity contribution in [1.82, 2.24) is 4.44 Å². The Labute approximate surface area is 106 Å². The van der Waals surface area contributed by atoms with Gasteiger partial charge in [-0.15, -0.1) is 0 Å². The Morgan fingerprint density at radius 1 is 0.562 bits per heavy atom. The van der Waals surface area contributed by atoms with Gasteiger partial charge in [0.2, 0.25) is 0 Å². The maximum atomic E-state index is 2.76. The van der Waals surface area contributed by atoms with Crippen molar-refractivity contribution in [1.29, 1.82) is 0 Å². The van der Waals surface area contributed by atoms with E-state index in [9.17, 15) is 0 Å². The minimum absolute atomic E-state index is 0.0180. The molecule has 0 N–H and O–H groups in total. The van der Waals surface area contributed by atoms with E-state index in [0.717, 1.165) is 22.6 Å². The van der Waals surface area contributed by atoms with E-state index in [1.54, 1.807) is 0 Å². The van der Waals surface area contributed by atoms with Gasteiger partial charge in [-0.3, -0.25) is 4.44 Å². The number of rotatable bonds is 6. The summed E-state index contributed by atoms with van der Waals surface area (Å²) in [6.07, 6.45) is 0. The maximum Gasteiger partial charge on any atom is -0.00527 e. The molecule has 0 aromatic heterocycles. The molecule has 0 fully saturated rings. The third-order valence-corrected chi connectivity index (χ3v) is 9.59. The standard InChI is InChI=1S/C13H31NP2/c1-10(2)15(11(3)4)14(9)16(12(5)6)13(7)8/h10-13H,1-9H3. The highest BCUT2D eigenvalue weighted by Gasteiger charge is 2.30. The van der Waals surface area contributed by atoms with Crippen molar-refractivity contribution in [2.75, 3.05) is 7.05 Å². The molecule has 0 rings (SSSR count). The van der Waals surface area contributed by atoms with Gasteiger partial charge in [-0.1, -0.05) is 55.4 Å². The maximum absolute atomic E-state index is 2.76. The van der Waals surface area contributed by atoms with Gasteiger partial charge in [0.05, 0.1) is 0 Å². The van der Waals surface area contributed by atoms with Crippen LogP contribution in [-0.4, -0.2) is 34.1 Å². The van der Waals surface area contributed by atoms with E-state index in [2.05, 4.69) is 66.9 Å². The van der Waals surface area contributed by atoms with E-state index in [1.165, 1.54) is 0 Å². The normalized spacial score (nSPS) is 13.5. The lowest BCUT2D eigenvalue weighted by Gasteiger charge is -2.43. The van der Waals surface area contributed by atoms with Crippen molar-refractivity contribution in [2.24, 2.45) is 0 Å². The fraction of sp³-hybridized carbons (Fsp3) is 1.00. The Bertz CT molecular complexity index is 154. The highest BCUT2D eigenvalue weighted by Crippen LogP contribution is 2.63. The lowest BCUT2D eigenvalue weighted by molar-refractivity contribution is 0.780. The van der Waals surface area contributed by atoms with Crippen molar-refractivity contribution < 1.29 is 0 Å². The zero-order chi connectivity index (χ0) is 13.0. The highest BCUT2D eigenvalue weighted by molar-refractivity contribution is 7.71. The van der Waals surface area contributed by atoms with E-state index in [1.807, 2.05) is 0 Å². The predicted molar refractivity (Wildman–Crippen MR) is 82.1 cm³/mol. The molecule has 0 aliphatic rings. The zero-order valence-electron chi connectivity index (χ0n) is 12.7. The summed E-state index contributed by atoms with van der Waals surface area (Å²) in [6, 6.07) is 0. The van der Waals surface area contributed by atoms with E-state index in [0.29, 0.717) is 0 Å². The fourth-order valence-electron chi connectivity index (χ4n) is 2.65. The molecule has 0 aliphatic carbocycles. The Balaban J connectivity index is 4.88. The molecule has 0 bridgehead atoms. The van der Waals surface area contributed by atoms with Gasteiger partial charge >= 0.3 is 0 Å². The minimum atomic E-state index is 0.0180. The molecule has 0 aromatic rings. The van der Waals surface area contributed by atoms with Crippen LogP contribution in [0.25, 0.3) is 0 Å². The first-order valence-electron chi connectivity index (χ1n) is 6.50. The van der Waals surface area contributed by atoms with Gasteiger partial charge in [-0.05, 0) is 45.8 Å². The van der Waals surface area contributed by atoms with Crippen LogP contribution in [0.4, 0.5) is 0 Å². The summed E-state index contributed by atoms with van der Waals surface area (Å²) in [6.45, 7) is 19.1. The summed E-state index contributed by atoms with van der Waals surface area (Å²) >= 11 is 0. The van der Waals surface area contributed by atoms with E-state index in [-0.39, 0.29) is 16.1 Å². The number of hydrogen-bond acceptors (Lipinski definition) is 1. The minimum Gasteiger partial charge on any atom is -0.262 e. The topological polar surface area (TPSA) is 3.24 Å². The Kier molecular flexibility index (Phi) is 7.67. The molecule has 0 saturated carbocycles. The fourth-order valence-corrected chi connectivity index (χ4v) is 11.1. The Morgan fingerprint density at radius 3 is 0.875 bits per heavy atom. The smallest absolute Gasteiger partial charge is 0.00527 e. The van der Waals surface area contributed by atoms with Gasteiger partial charge < -0.3 is 0 Å². The molecule has 1 nitrogen and oxygen atoms in total. The quantitative estimate of drug-likeness (QED) is 0.584. The Hall–Kier alpha value is 0.820. The van der Waals surface area contributed by atoms with E-state index < -0.39 is 0 Å². The van der Waals surface area contributed by atoms with Gasteiger partial charge in [0, 0.05) is 0 Å². The van der Waals surface area contributed by atoms with Crippen molar-refractivity contribution in [3.05, 3.63) is 0 Å². The first-order chi connectivity index (χ1) is 7.20. The van der Waals surface area contributed by atoms with Crippen molar-refractivity contribution in [2.45, 2.75) is 78.0 Å². The first-order valence-corrected chi connectivity index (χ1v) is 9.36. The second-order valence-electron chi connectivity index (χ2n) is 5.62. The van der Waals surface area contributed by atoms with Crippen LogP contribution in [0.15, 0.2) is 0 Å². The summed E-state index contributed by atoms with van der Waals surface area (Å²) in [4.78, 5) is 0. The number of hydrogen-bond donors (Lipinski definition) is 0. The molecule has 16 heavy (non-hydrogen) atoms. The van der Waals surface area contributed by atoms with Crippen molar-refractivity contribution in [3.8, 4) is 0 Å². The lowest BCUT2D eigenvalue weighted by Crippen LogP contribution is -2.23. The van der Waals surface area contributed by atoms with E-state index in [4.69, 9.17) is 0 Å². The van der Waals surface area contributed by atoms with Gasteiger partial charge in [0.25, 0.3) is 0 Å². The molecule has 0 unspecified atom stereocenters. The summed E-state index contributed by atoms with van der Waals surface area (Å²) in [5, 5.41) is 0. The van der Waals surface area contributed by atoms with Gasteiger partial charge in [0.1, 0.15) is 0 Å². The average molecular weight is 263 g/mol. The van der Waals surface area contributed by atoms with Crippen LogP contribution in [0.5, 0.6) is 0 Å². The SMILES string of the molecule is CC(C)P(C(C)C)N(C)P(C(C)C)C(C)C. The molecule has 0 aliphatic heterocycles. The largest absolute Gasteiger partial charge is 0.262 e. The highest BCUT2D eigenvalue weighted by atomic mass is 31.2. The third kappa shape index (κ3) is 4.59. The summed E-state index contributed by atoms with van der Waals surface area (Å²) in [5.74, 6) is 0. The molecule has 98 valence electrons. The lowest BCUT2D eigenvalue weighted by atomic mass is 10.5.